The summed E-state index contributed by atoms with van der Waals surface area (Å²) >= 11 is 1.65. The van der Waals surface area contributed by atoms with Gasteiger partial charge in [-0.25, -0.2) is 0 Å². The summed E-state index contributed by atoms with van der Waals surface area (Å²) in [5.41, 5.74) is 0.315. The summed E-state index contributed by atoms with van der Waals surface area (Å²) in [6.07, 6.45) is 3.37. The monoisotopic (exact) mass is 267 g/mol. The highest BCUT2D eigenvalue weighted by Crippen LogP contribution is 2.17. The summed E-state index contributed by atoms with van der Waals surface area (Å²) in [5, 5.41) is 12.0. The van der Waals surface area contributed by atoms with E-state index in [0.29, 0.717) is 12.0 Å². The summed E-state index contributed by atoms with van der Waals surface area (Å²) in [6, 6.07) is 7.54. The molecule has 0 saturated carbocycles. The third-order valence-corrected chi connectivity index (χ3v) is 3.95. The smallest absolute Gasteiger partial charge is 0.251 e. The summed E-state index contributed by atoms with van der Waals surface area (Å²) in [4.78, 5) is 13.2. The van der Waals surface area contributed by atoms with Crippen molar-refractivity contribution in [3.05, 3.63) is 29.8 Å². The highest BCUT2D eigenvalue weighted by Gasteiger charge is 2.24. The fourth-order valence-electron chi connectivity index (χ4n) is 1.66. The van der Waals surface area contributed by atoms with Gasteiger partial charge in [-0.05, 0) is 50.3 Å². The van der Waals surface area contributed by atoms with E-state index in [1.54, 1.807) is 11.8 Å². The lowest BCUT2D eigenvalue weighted by atomic mass is 9.94. The maximum atomic E-state index is 12.1. The van der Waals surface area contributed by atoms with Gasteiger partial charge in [0.05, 0.1) is 0 Å². The SMILES string of the molecule is CCC(C)(CCO)NC(=O)c1ccc(SC)cc1. The lowest BCUT2D eigenvalue weighted by Crippen LogP contribution is -2.46. The van der Waals surface area contributed by atoms with Crippen LogP contribution >= 0.6 is 11.8 Å². The van der Waals surface area contributed by atoms with Crippen LogP contribution in [0.25, 0.3) is 0 Å². The van der Waals surface area contributed by atoms with Crippen LogP contribution in [0.1, 0.15) is 37.0 Å². The van der Waals surface area contributed by atoms with Crippen molar-refractivity contribution < 1.29 is 9.90 Å². The Labute approximate surface area is 113 Å². The largest absolute Gasteiger partial charge is 0.396 e. The van der Waals surface area contributed by atoms with Gasteiger partial charge in [-0.3, -0.25) is 4.79 Å². The molecule has 1 aromatic rings. The highest BCUT2D eigenvalue weighted by atomic mass is 32.2. The molecule has 0 heterocycles. The molecule has 0 aliphatic carbocycles. The first kappa shape index (κ1) is 15.1. The number of hydrogen-bond acceptors (Lipinski definition) is 3. The van der Waals surface area contributed by atoms with E-state index in [-0.39, 0.29) is 18.1 Å². The molecule has 0 aliphatic rings. The van der Waals surface area contributed by atoms with E-state index in [1.807, 2.05) is 44.4 Å². The van der Waals surface area contributed by atoms with Crippen molar-refractivity contribution in [1.29, 1.82) is 0 Å². The fraction of sp³-hybridized carbons (Fsp3) is 0.500. The fourth-order valence-corrected chi connectivity index (χ4v) is 2.07. The number of carbonyl (C=O) groups excluding carboxylic acids is 1. The van der Waals surface area contributed by atoms with Gasteiger partial charge in [0.25, 0.3) is 5.91 Å². The molecule has 1 atom stereocenters. The zero-order valence-electron chi connectivity index (χ0n) is 11.2. The number of amides is 1. The first-order valence-electron chi connectivity index (χ1n) is 6.12. The second-order valence-electron chi connectivity index (χ2n) is 4.57. The molecule has 0 aliphatic heterocycles. The van der Waals surface area contributed by atoms with Gasteiger partial charge in [-0.1, -0.05) is 6.92 Å². The Morgan fingerprint density at radius 3 is 2.44 bits per heavy atom. The molecule has 1 unspecified atom stereocenters. The average Bonchev–Trinajstić information content (AvgIpc) is 2.39. The molecule has 2 N–H and O–H groups in total. The quantitative estimate of drug-likeness (QED) is 0.779. The number of rotatable bonds is 6. The molecule has 3 nitrogen and oxygen atoms in total. The minimum atomic E-state index is -0.343. The average molecular weight is 267 g/mol. The van der Waals surface area contributed by atoms with Crippen LogP contribution in [0.5, 0.6) is 0 Å². The second-order valence-corrected chi connectivity index (χ2v) is 5.45. The molecule has 1 amide bonds. The topological polar surface area (TPSA) is 49.3 Å². The normalized spacial score (nSPS) is 14.0. The highest BCUT2D eigenvalue weighted by molar-refractivity contribution is 7.98. The molecule has 0 fully saturated rings. The molecule has 1 aromatic carbocycles. The van der Waals surface area contributed by atoms with E-state index in [4.69, 9.17) is 5.11 Å². The van der Waals surface area contributed by atoms with Gasteiger partial charge in [0.2, 0.25) is 0 Å². The Balaban J connectivity index is 2.74. The van der Waals surface area contributed by atoms with Crippen molar-refractivity contribution in [3.8, 4) is 0 Å². The molecule has 0 spiro atoms. The number of aliphatic hydroxyl groups excluding tert-OH is 1. The van der Waals surface area contributed by atoms with Crippen molar-refractivity contribution in [2.75, 3.05) is 12.9 Å². The van der Waals surface area contributed by atoms with Gasteiger partial charge in [0.15, 0.2) is 0 Å². The molecule has 4 heteroatoms. The zero-order valence-corrected chi connectivity index (χ0v) is 12.0. The number of thioether (sulfide) groups is 1. The van der Waals surface area contributed by atoms with Crippen LogP contribution in [0.15, 0.2) is 29.2 Å². The van der Waals surface area contributed by atoms with Gasteiger partial charge in [-0.2, -0.15) is 0 Å². The van der Waals surface area contributed by atoms with Crippen molar-refractivity contribution in [2.24, 2.45) is 0 Å². The lowest BCUT2D eigenvalue weighted by Gasteiger charge is -2.29. The van der Waals surface area contributed by atoms with Crippen LogP contribution in [-0.4, -0.2) is 29.4 Å². The molecule has 100 valence electrons. The van der Waals surface area contributed by atoms with Gasteiger partial charge in [0.1, 0.15) is 0 Å². The second kappa shape index (κ2) is 6.81. The Hall–Kier alpha value is -1.00. The first-order chi connectivity index (χ1) is 8.54. The minimum absolute atomic E-state index is 0.0794. The number of carbonyl (C=O) groups is 1. The van der Waals surface area contributed by atoms with Crippen LogP contribution in [0.3, 0.4) is 0 Å². The van der Waals surface area contributed by atoms with Gasteiger partial charge in [0, 0.05) is 22.6 Å². The lowest BCUT2D eigenvalue weighted by molar-refractivity contribution is 0.0886. The number of benzene rings is 1. The van der Waals surface area contributed by atoms with E-state index in [2.05, 4.69) is 5.32 Å². The third kappa shape index (κ3) is 4.03. The number of aliphatic hydroxyl groups is 1. The van der Waals surface area contributed by atoms with E-state index < -0.39 is 0 Å². The Bertz CT molecular complexity index is 391. The van der Waals surface area contributed by atoms with Crippen molar-refractivity contribution in [2.45, 2.75) is 37.1 Å². The summed E-state index contributed by atoms with van der Waals surface area (Å²) in [5.74, 6) is -0.0829. The molecular formula is C14H21NO2S. The maximum absolute atomic E-state index is 12.1. The molecule has 0 saturated heterocycles. The molecule has 0 aromatic heterocycles. The molecule has 18 heavy (non-hydrogen) atoms. The predicted molar refractivity (Wildman–Crippen MR) is 76.1 cm³/mol. The minimum Gasteiger partial charge on any atom is -0.396 e. The Kier molecular flexibility index (Phi) is 5.69. The molecule has 0 radical (unpaired) electrons. The van der Waals surface area contributed by atoms with Crippen LogP contribution in [0, 0.1) is 0 Å². The third-order valence-electron chi connectivity index (χ3n) is 3.21. The van der Waals surface area contributed by atoms with E-state index in [9.17, 15) is 4.79 Å². The predicted octanol–water partition coefficient (Wildman–Crippen LogP) is 2.69. The first-order valence-corrected chi connectivity index (χ1v) is 7.34. The van der Waals surface area contributed by atoms with Crippen molar-refractivity contribution >= 4 is 17.7 Å². The molecule has 0 bridgehead atoms. The maximum Gasteiger partial charge on any atom is 0.251 e. The number of nitrogens with one attached hydrogen (secondary N) is 1. The van der Waals surface area contributed by atoms with Crippen molar-refractivity contribution in [3.63, 3.8) is 0 Å². The van der Waals surface area contributed by atoms with Gasteiger partial charge in [-0.15, -0.1) is 11.8 Å². The summed E-state index contributed by atoms with van der Waals surface area (Å²) in [6.45, 7) is 4.04. The van der Waals surface area contributed by atoms with Gasteiger partial charge < -0.3 is 10.4 Å². The standard InChI is InChI=1S/C14H21NO2S/c1-4-14(2,9-10-16)15-13(17)11-5-7-12(18-3)8-6-11/h5-8,16H,4,9-10H2,1-3H3,(H,15,17). The van der Waals surface area contributed by atoms with Crippen LogP contribution < -0.4 is 5.32 Å². The number of hydrogen-bond donors (Lipinski definition) is 2. The van der Waals surface area contributed by atoms with Crippen molar-refractivity contribution in [1.82, 2.24) is 5.32 Å². The van der Waals surface area contributed by atoms with Crippen LogP contribution in [0.2, 0.25) is 0 Å². The van der Waals surface area contributed by atoms with Gasteiger partial charge >= 0.3 is 0 Å². The zero-order chi connectivity index (χ0) is 13.6. The Morgan fingerprint density at radius 1 is 1.39 bits per heavy atom. The molecular weight excluding hydrogens is 246 g/mol. The Morgan fingerprint density at radius 2 is 2.00 bits per heavy atom. The van der Waals surface area contributed by atoms with Crippen LogP contribution in [-0.2, 0) is 0 Å². The van der Waals surface area contributed by atoms with E-state index in [0.717, 1.165) is 11.3 Å². The summed E-state index contributed by atoms with van der Waals surface area (Å²) in [7, 11) is 0. The van der Waals surface area contributed by atoms with Crippen LogP contribution in [0.4, 0.5) is 0 Å². The summed E-state index contributed by atoms with van der Waals surface area (Å²) < 4.78 is 0. The van der Waals surface area contributed by atoms with E-state index in [1.165, 1.54) is 0 Å². The molecule has 1 rings (SSSR count). The van der Waals surface area contributed by atoms with E-state index >= 15 is 0 Å².